The maximum atomic E-state index is 10.4. The number of nitrogens with zero attached hydrogens (tertiary/aromatic N) is 2. The predicted octanol–water partition coefficient (Wildman–Crippen LogP) is 7.99. The molecule has 0 aliphatic carbocycles. The van der Waals surface area contributed by atoms with E-state index in [9.17, 15) is 5.11 Å². The minimum Gasteiger partial charge on any atom is -0.507 e. The van der Waals surface area contributed by atoms with Gasteiger partial charge in [-0.3, -0.25) is 4.98 Å². The molecule has 4 aromatic carbocycles. The Labute approximate surface area is 208 Å². The van der Waals surface area contributed by atoms with Crippen molar-refractivity contribution in [2.24, 2.45) is 0 Å². The van der Waals surface area contributed by atoms with Crippen LogP contribution in [0.1, 0.15) is 11.1 Å². The molecule has 3 nitrogen and oxygen atoms in total. The molecule has 0 amide bonds. The van der Waals surface area contributed by atoms with Crippen molar-refractivity contribution < 1.29 is 5.11 Å². The van der Waals surface area contributed by atoms with E-state index < -0.39 is 0 Å². The molecule has 0 bridgehead atoms. The highest BCUT2D eigenvalue weighted by atomic mass is 32.1. The van der Waals surface area contributed by atoms with Crippen LogP contribution >= 0.6 is 11.3 Å². The van der Waals surface area contributed by atoms with Gasteiger partial charge in [-0.25, -0.2) is 4.98 Å². The van der Waals surface area contributed by atoms with Crippen LogP contribution in [-0.4, -0.2) is 15.1 Å². The topological polar surface area (TPSA) is 46.0 Å². The first-order valence-corrected chi connectivity index (χ1v) is 12.3. The lowest BCUT2D eigenvalue weighted by atomic mass is 9.96. The van der Waals surface area contributed by atoms with Gasteiger partial charge in [0.05, 0.1) is 21.5 Å². The first kappa shape index (κ1) is 21.3. The van der Waals surface area contributed by atoms with E-state index in [4.69, 9.17) is 4.98 Å². The third kappa shape index (κ3) is 4.32. The summed E-state index contributed by atoms with van der Waals surface area (Å²) in [5.74, 6) is 0.245. The number of rotatable bonds is 5. The van der Waals surface area contributed by atoms with E-state index >= 15 is 0 Å². The van der Waals surface area contributed by atoms with Crippen LogP contribution in [0.4, 0.5) is 0 Å². The summed E-state index contributed by atoms with van der Waals surface area (Å²) >= 11 is 1.62. The number of pyridine rings is 1. The highest BCUT2D eigenvalue weighted by molar-refractivity contribution is 7.21. The molecule has 2 heterocycles. The maximum absolute atomic E-state index is 10.4. The van der Waals surface area contributed by atoms with Gasteiger partial charge >= 0.3 is 0 Å². The van der Waals surface area contributed by atoms with Gasteiger partial charge in [0.2, 0.25) is 0 Å². The minimum atomic E-state index is 0.245. The normalized spacial score (nSPS) is 11.1. The summed E-state index contributed by atoms with van der Waals surface area (Å²) in [6, 6.07) is 36.8. The predicted molar refractivity (Wildman–Crippen MR) is 145 cm³/mol. The number of fused-ring (bicyclic) bond motifs is 1. The fourth-order valence-electron chi connectivity index (χ4n) is 4.39. The van der Waals surface area contributed by atoms with Crippen LogP contribution in [0.25, 0.3) is 43.2 Å². The molecule has 0 fully saturated rings. The Morgan fingerprint density at radius 2 is 1.46 bits per heavy atom. The smallest absolute Gasteiger partial charge is 0.128 e. The third-order valence-electron chi connectivity index (χ3n) is 6.07. The first-order valence-electron chi connectivity index (χ1n) is 11.5. The van der Waals surface area contributed by atoms with Crippen LogP contribution in [0.15, 0.2) is 115 Å². The number of phenolic OH excluding ortho intramolecular Hbond substituents is 1. The summed E-state index contributed by atoms with van der Waals surface area (Å²) in [4.78, 5) is 9.55. The second-order valence-corrected chi connectivity index (χ2v) is 9.52. The number of benzene rings is 4. The van der Waals surface area contributed by atoms with Crippen LogP contribution < -0.4 is 0 Å². The molecule has 6 rings (SSSR count). The summed E-state index contributed by atoms with van der Waals surface area (Å²) in [6.45, 7) is 0. The summed E-state index contributed by atoms with van der Waals surface area (Å²) in [7, 11) is 0. The fraction of sp³-hybridized carbons (Fsp3) is 0.0323. The van der Waals surface area contributed by atoms with Gasteiger partial charge in [-0.2, -0.15) is 0 Å². The standard InChI is InChI=1S/C31H22N2OS/c34-28-15-5-4-13-25(28)31-33-30-26(23-11-8-12-24(20-23)27-14-6-7-16-32-27)18-22(19-29(30)35-31)17-21-9-2-1-3-10-21/h1-16,18-20,34H,17H2. The first-order chi connectivity index (χ1) is 17.2. The van der Waals surface area contributed by atoms with Crippen molar-refractivity contribution in [3.05, 3.63) is 127 Å². The van der Waals surface area contributed by atoms with Crippen LogP contribution in [0.3, 0.4) is 0 Å². The number of phenols is 1. The fourth-order valence-corrected chi connectivity index (χ4v) is 5.48. The number of thiazole rings is 1. The molecular formula is C31H22N2OS. The molecule has 1 N–H and O–H groups in total. The lowest BCUT2D eigenvalue weighted by molar-refractivity contribution is 0.477. The summed E-state index contributed by atoms with van der Waals surface area (Å²) in [5, 5.41) is 11.3. The van der Waals surface area contributed by atoms with E-state index in [2.05, 4.69) is 65.6 Å². The van der Waals surface area contributed by atoms with E-state index in [1.165, 1.54) is 11.1 Å². The highest BCUT2D eigenvalue weighted by Crippen LogP contribution is 2.40. The molecule has 0 saturated heterocycles. The molecular weight excluding hydrogens is 448 g/mol. The van der Waals surface area contributed by atoms with E-state index in [1.807, 2.05) is 48.7 Å². The van der Waals surface area contributed by atoms with Gasteiger partial charge in [0.15, 0.2) is 0 Å². The number of para-hydroxylation sites is 1. The largest absolute Gasteiger partial charge is 0.507 e. The van der Waals surface area contributed by atoms with Gasteiger partial charge in [-0.05, 0) is 65.6 Å². The molecule has 4 heteroatoms. The van der Waals surface area contributed by atoms with Crippen molar-refractivity contribution >= 4 is 21.6 Å². The van der Waals surface area contributed by atoms with Gasteiger partial charge in [0.1, 0.15) is 10.8 Å². The minimum absolute atomic E-state index is 0.245. The maximum Gasteiger partial charge on any atom is 0.128 e. The molecule has 0 radical (unpaired) electrons. The number of aromatic hydroxyl groups is 1. The van der Waals surface area contributed by atoms with Crippen LogP contribution in [0.2, 0.25) is 0 Å². The second kappa shape index (κ2) is 9.16. The van der Waals surface area contributed by atoms with E-state index in [0.29, 0.717) is 0 Å². The van der Waals surface area contributed by atoms with Crippen molar-refractivity contribution in [2.75, 3.05) is 0 Å². The summed E-state index contributed by atoms with van der Waals surface area (Å²) in [6.07, 6.45) is 2.66. The van der Waals surface area contributed by atoms with Crippen molar-refractivity contribution in [3.8, 4) is 38.7 Å². The number of hydrogen-bond donors (Lipinski definition) is 1. The molecule has 0 unspecified atom stereocenters. The molecule has 2 aromatic heterocycles. The SMILES string of the molecule is Oc1ccccc1-c1nc2c(-c3cccc(-c4ccccn4)c3)cc(Cc3ccccc3)cc2s1. The molecule has 0 aliphatic rings. The Hall–Kier alpha value is -4.28. The Bertz CT molecular complexity index is 1620. The Kier molecular flexibility index (Phi) is 5.57. The molecule has 35 heavy (non-hydrogen) atoms. The van der Waals surface area contributed by atoms with Crippen molar-refractivity contribution in [2.45, 2.75) is 6.42 Å². The zero-order chi connectivity index (χ0) is 23.6. The highest BCUT2D eigenvalue weighted by Gasteiger charge is 2.16. The molecule has 0 spiro atoms. The zero-order valence-corrected chi connectivity index (χ0v) is 19.7. The Morgan fingerprint density at radius 3 is 2.29 bits per heavy atom. The third-order valence-corrected chi connectivity index (χ3v) is 7.11. The van der Waals surface area contributed by atoms with E-state index in [-0.39, 0.29) is 5.75 Å². The average Bonchev–Trinajstić information content (AvgIpc) is 3.33. The van der Waals surface area contributed by atoms with Crippen LogP contribution in [-0.2, 0) is 6.42 Å². The lowest BCUT2D eigenvalue weighted by Crippen LogP contribution is -1.91. The molecule has 6 aromatic rings. The lowest BCUT2D eigenvalue weighted by Gasteiger charge is -2.09. The van der Waals surface area contributed by atoms with Gasteiger partial charge in [0, 0.05) is 17.3 Å². The number of aromatic nitrogens is 2. The number of hydrogen-bond acceptors (Lipinski definition) is 4. The van der Waals surface area contributed by atoms with E-state index in [0.717, 1.165) is 49.6 Å². The van der Waals surface area contributed by atoms with Crippen LogP contribution in [0.5, 0.6) is 5.75 Å². The average molecular weight is 471 g/mol. The molecule has 168 valence electrons. The Balaban J connectivity index is 1.53. The van der Waals surface area contributed by atoms with Crippen molar-refractivity contribution in [3.63, 3.8) is 0 Å². The second-order valence-electron chi connectivity index (χ2n) is 8.48. The van der Waals surface area contributed by atoms with Gasteiger partial charge in [-0.15, -0.1) is 11.3 Å². The van der Waals surface area contributed by atoms with Gasteiger partial charge < -0.3 is 5.11 Å². The molecule has 0 saturated carbocycles. The summed E-state index contributed by atoms with van der Waals surface area (Å²) in [5.41, 5.74) is 8.40. The zero-order valence-electron chi connectivity index (χ0n) is 18.9. The molecule has 0 atom stereocenters. The van der Waals surface area contributed by atoms with Crippen molar-refractivity contribution in [1.82, 2.24) is 9.97 Å². The monoisotopic (exact) mass is 470 g/mol. The van der Waals surface area contributed by atoms with Crippen molar-refractivity contribution in [1.29, 1.82) is 0 Å². The molecule has 0 aliphatic heterocycles. The Morgan fingerprint density at radius 1 is 0.657 bits per heavy atom. The quantitative estimate of drug-likeness (QED) is 0.278. The van der Waals surface area contributed by atoms with Gasteiger partial charge in [0.25, 0.3) is 0 Å². The van der Waals surface area contributed by atoms with Crippen LogP contribution in [0, 0.1) is 0 Å². The van der Waals surface area contributed by atoms with E-state index in [1.54, 1.807) is 17.4 Å². The van der Waals surface area contributed by atoms with Gasteiger partial charge in [-0.1, -0.05) is 66.7 Å². The summed E-state index contributed by atoms with van der Waals surface area (Å²) < 4.78 is 1.11.